The van der Waals surface area contributed by atoms with E-state index in [2.05, 4.69) is 22.3 Å². The van der Waals surface area contributed by atoms with Gasteiger partial charge in [-0.3, -0.25) is 14.4 Å². The molecule has 3 N–H and O–H groups in total. The Balaban J connectivity index is 1.45. The first-order chi connectivity index (χ1) is 16.0. The Labute approximate surface area is 192 Å². The van der Waals surface area contributed by atoms with Crippen molar-refractivity contribution in [2.24, 2.45) is 5.73 Å². The average Bonchev–Trinajstić information content (AvgIpc) is 2.85. The van der Waals surface area contributed by atoms with Gasteiger partial charge in [-0.05, 0) is 35.9 Å². The lowest BCUT2D eigenvalue weighted by Crippen LogP contribution is -2.51. The van der Waals surface area contributed by atoms with Crippen LogP contribution in [0.3, 0.4) is 0 Å². The topological polar surface area (TPSA) is 114 Å². The third-order valence-electron chi connectivity index (χ3n) is 5.15. The van der Waals surface area contributed by atoms with E-state index in [1.165, 1.54) is 13.2 Å². The third-order valence-corrected chi connectivity index (χ3v) is 5.15. The van der Waals surface area contributed by atoms with Crippen molar-refractivity contribution in [3.05, 3.63) is 60.2 Å². The van der Waals surface area contributed by atoms with Crippen molar-refractivity contribution in [3.8, 4) is 11.5 Å². The number of hydrogen-bond donors (Lipinski definition) is 2. The molecule has 2 aromatic carbocycles. The number of methoxy groups -OCH3 is 1. The zero-order valence-electron chi connectivity index (χ0n) is 18.5. The lowest BCUT2D eigenvalue weighted by atomic mass is 10.2. The van der Waals surface area contributed by atoms with Crippen LogP contribution < -0.4 is 25.4 Å². The zero-order valence-corrected chi connectivity index (χ0v) is 18.5. The normalized spacial score (nSPS) is 13.6. The largest absolute Gasteiger partial charge is 0.493 e. The second-order valence-corrected chi connectivity index (χ2v) is 7.42. The first-order valence-corrected chi connectivity index (χ1v) is 10.6. The molecule has 0 saturated carbocycles. The number of carbonyl (C=O) groups excluding carboxylic acids is 3. The van der Waals surface area contributed by atoms with Gasteiger partial charge in [0, 0.05) is 37.9 Å². The van der Waals surface area contributed by atoms with Crippen molar-refractivity contribution in [2.75, 3.05) is 51.3 Å². The van der Waals surface area contributed by atoms with Crippen LogP contribution in [0, 0.1) is 0 Å². The average molecular weight is 453 g/mol. The molecule has 1 aliphatic rings. The van der Waals surface area contributed by atoms with Crippen LogP contribution in [0.15, 0.2) is 54.6 Å². The summed E-state index contributed by atoms with van der Waals surface area (Å²) >= 11 is 0. The number of piperazine rings is 1. The molecule has 0 spiro atoms. The van der Waals surface area contributed by atoms with Gasteiger partial charge in [0.25, 0.3) is 5.91 Å². The number of rotatable bonds is 9. The molecule has 3 rings (SSSR count). The Morgan fingerprint density at radius 2 is 1.76 bits per heavy atom. The Bertz CT molecular complexity index is 1000. The number of amides is 3. The number of anilines is 1. The molecular weight excluding hydrogens is 424 g/mol. The first kappa shape index (κ1) is 23.6. The quantitative estimate of drug-likeness (QED) is 0.550. The molecule has 174 valence electrons. The molecule has 3 amide bonds. The Morgan fingerprint density at radius 3 is 2.42 bits per heavy atom. The number of carbonyl (C=O) groups is 3. The smallest absolute Gasteiger partial charge is 0.255 e. The summed E-state index contributed by atoms with van der Waals surface area (Å²) in [7, 11) is 1.47. The summed E-state index contributed by atoms with van der Waals surface area (Å²) in [5.74, 6) is -0.300. The van der Waals surface area contributed by atoms with Crippen LogP contribution >= 0.6 is 0 Å². The molecule has 1 fully saturated rings. The highest BCUT2D eigenvalue weighted by Crippen LogP contribution is 2.28. The predicted molar refractivity (Wildman–Crippen MR) is 125 cm³/mol. The molecular formula is C24H28N4O5. The minimum atomic E-state index is -0.592. The summed E-state index contributed by atoms with van der Waals surface area (Å²) in [4.78, 5) is 39.5. The number of nitrogens with zero attached hydrogens (tertiary/aromatic N) is 2. The van der Waals surface area contributed by atoms with Crippen LogP contribution in [0.5, 0.6) is 11.5 Å². The van der Waals surface area contributed by atoms with Gasteiger partial charge in [0.05, 0.1) is 13.7 Å². The van der Waals surface area contributed by atoms with Crippen LogP contribution in [0.4, 0.5) is 5.69 Å². The van der Waals surface area contributed by atoms with Gasteiger partial charge >= 0.3 is 0 Å². The van der Waals surface area contributed by atoms with Crippen molar-refractivity contribution < 1.29 is 23.9 Å². The van der Waals surface area contributed by atoms with E-state index in [1.807, 2.05) is 18.2 Å². The van der Waals surface area contributed by atoms with E-state index < -0.39 is 5.91 Å². The van der Waals surface area contributed by atoms with Crippen molar-refractivity contribution in [1.29, 1.82) is 0 Å². The maximum Gasteiger partial charge on any atom is 0.255 e. The highest BCUT2D eigenvalue weighted by molar-refractivity contribution is 5.94. The molecule has 1 saturated heterocycles. The number of nitrogens with two attached hydrogens (primary N) is 1. The van der Waals surface area contributed by atoms with E-state index in [4.69, 9.17) is 15.2 Å². The summed E-state index contributed by atoms with van der Waals surface area (Å²) in [6.45, 7) is 2.42. The van der Waals surface area contributed by atoms with E-state index in [-0.39, 0.29) is 25.0 Å². The number of benzene rings is 2. The van der Waals surface area contributed by atoms with E-state index in [9.17, 15) is 14.4 Å². The minimum absolute atomic E-state index is 0.0578. The van der Waals surface area contributed by atoms with Crippen LogP contribution in [-0.2, 0) is 14.4 Å². The Morgan fingerprint density at radius 1 is 1.03 bits per heavy atom. The molecule has 1 aliphatic heterocycles. The maximum absolute atomic E-state index is 12.5. The van der Waals surface area contributed by atoms with Gasteiger partial charge in [-0.25, -0.2) is 0 Å². The number of para-hydroxylation sites is 1. The minimum Gasteiger partial charge on any atom is -0.493 e. The summed E-state index contributed by atoms with van der Waals surface area (Å²) in [5.41, 5.74) is 6.92. The molecule has 0 radical (unpaired) electrons. The lowest BCUT2D eigenvalue weighted by molar-refractivity contribution is -0.132. The monoisotopic (exact) mass is 452 g/mol. The summed E-state index contributed by atoms with van der Waals surface area (Å²) in [5, 5.41) is 2.63. The highest BCUT2D eigenvalue weighted by Gasteiger charge is 2.21. The summed E-state index contributed by atoms with van der Waals surface area (Å²) in [6.07, 6.45) is 2.94. The SMILES string of the molecule is COc1cc(/C=C/C(=O)NCC(=O)N2CCN(c3ccccc3)CC2)ccc1OCC(N)=O. The summed E-state index contributed by atoms with van der Waals surface area (Å²) in [6, 6.07) is 15.1. The molecule has 0 unspecified atom stereocenters. The van der Waals surface area contributed by atoms with Gasteiger partial charge in [-0.2, -0.15) is 0 Å². The van der Waals surface area contributed by atoms with Gasteiger partial charge in [0.15, 0.2) is 18.1 Å². The zero-order chi connectivity index (χ0) is 23.6. The van der Waals surface area contributed by atoms with Gasteiger partial charge < -0.3 is 30.3 Å². The van der Waals surface area contributed by atoms with Crippen molar-refractivity contribution in [1.82, 2.24) is 10.2 Å². The van der Waals surface area contributed by atoms with E-state index >= 15 is 0 Å². The standard InChI is InChI=1S/C24H28N4O5/c1-32-21-15-18(7-9-20(21)33-17-22(25)29)8-10-23(30)26-16-24(31)28-13-11-27(12-14-28)19-5-3-2-4-6-19/h2-10,15H,11-14,16-17H2,1H3,(H2,25,29)(H,26,30)/b10-8+. The van der Waals surface area contributed by atoms with Crippen molar-refractivity contribution in [2.45, 2.75) is 0 Å². The third kappa shape index (κ3) is 6.99. The number of hydrogen-bond acceptors (Lipinski definition) is 6. The molecule has 0 aromatic heterocycles. The van der Waals surface area contributed by atoms with Crippen molar-refractivity contribution >= 4 is 29.5 Å². The molecule has 9 nitrogen and oxygen atoms in total. The number of primary amides is 1. The van der Waals surface area contributed by atoms with Gasteiger partial charge in [0.2, 0.25) is 11.8 Å². The second kappa shape index (κ2) is 11.6. The van der Waals surface area contributed by atoms with Crippen LogP contribution in [0.2, 0.25) is 0 Å². The Hall–Kier alpha value is -4.01. The summed E-state index contributed by atoms with van der Waals surface area (Å²) < 4.78 is 10.5. The van der Waals surface area contributed by atoms with Crippen molar-refractivity contribution in [3.63, 3.8) is 0 Å². The predicted octanol–water partition coefficient (Wildman–Crippen LogP) is 1.04. The Kier molecular flexibility index (Phi) is 8.29. The fraction of sp³-hybridized carbons (Fsp3) is 0.292. The fourth-order valence-corrected chi connectivity index (χ4v) is 3.41. The molecule has 0 bridgehead atoms. The molecule has 1 heterocycles. The first-order valence-electron chi connectivity index (χ1n) is 10.6. The molecule has 33 heavy (non-hydrogen) atoms. The van der Waals surface area contributed by atoms with E-state index in [1.54, 1.807) is 29.2 Å². The highest BCUT2D eigenvalue weighted by atomic mass is 16.5. The van der Waals surface area contributed by atoms with Crippen LogP contribution in [0.1, 0.15) is 5.56 Å². The lowest BCUT2D eigenvalue weighted by Gasteiger charge is -2.36. The molecule has 0 aliphatic carbocycles. The van der Waals surface area contributed by atoms with Crippen LogP contribution in [0.25, 0.3) is 6.08 Å². The maximum atomic E-state index is 12.5. The van der Waals surface area contributed by atoms with Gasteiger partial charge in [-0.1, -0.05) is 24.3 Å². The number of ether oxygens (including phenoxy) is 2. The van der Waals surface area contributed by atoms with Gasteiger partial charge in [-0.15, -0.1) is 0 Å². The molecule has 9 heteroatoms. The fourth-order valence-electron chi connectivity index (χ4n) is 3.41. The second-order valence-electron chi connectivity index (χ2n) is 7.42. The van der Waals surface area contributed by atoms with Gasteiger partial charge in [0.1, 0.15) is 0 Å². The molecule has 2 aromatic rings. The van der Waals surface area contributed by atoms with E-state index in [0.717, 1.165) is 18.8 Å². The number of nitrogens with one attached hydrogen (secondary N) is 1. The van der Waals surface area contributed by atoms with Crippen LogP contribution in [-0.4, -0.2) is 69.1 Å². The molecule has 0 atom stereocenters. The van der Waals surface area contributed by atoms with E-state index in [0.29, 0.717) is 30.2 Å².